The lowest BCUT2D eigenvalue weighted by Crippen LogP contribution is -2.42. The molecule has 0 heterocycles. The van der Waals surface area contributed by atoms with Crippen molar-refractivity contribution in [3.05, 3.63) is 57.2 Å². The van der Waals surface area contributed by atoms with Crippen LogP contribution < -0.4 is 5.73 Å². The number of nitrogens with two attached hydrogens (primary N) is 1. The zero-order valence-corrected chi connectivity index (χ0v) is 14.5. The molecule has 5 heteroatoms. The molecule has 1 aromatic rings. The molecule has 0 amide bonds. The van der Waals surface area contributed by atoms with Gasteiger partial charge in [0.15, 0.2) is 5.41 Å². The molecular weight excluding hydrogens is 364 g/mol. The van der Waals surface area contributed by atoms with E-state index < -0.39 is 11.3 Å². The number of hydrogen-bond donors (Lipinski definition) is 1. The summed E-state index contributed by atoms with van der Waals surface area (Å²) in [5.74, 6) is -0.453. The van der Waals surface area contributed by atoms with Crippen molar-refractivity contribution in [1.29, 1.82) is 15.8 Å². The first-order valence-corrected chi connectivity index (χ1v) is 8.57. The third-order valence-corrected chi connectivity index (χ3v) is 5.76. The molecule has 0 saturated heterocycles. The van der Waals surface area contributed by atoms with Gasteiger partial charge in [-0.3, -0.25) is 0 Å². The quantitative estimate of drug-likeness (QED) is 0.796. The van der Waals surface area contributed by atoms with Gasteiger partial charge in [0.25, 0.3) is 0 Å². The molecule has 0 aromatic heterocycles. The van der Waals surface area contributed by atoms with Crippen LogP contribution in [0.3, 0.4) is 0 Å². The van der Waals surface area contributed by atoms with Crippen LogP contribution in [0.1, 0.15) is 30.7 Å². The number of rotatable bonds is 1. The Kier molecular flexibility index (Phi) is 4.18. The number of nitrogens with zero attached hydrogens (tertiary/aromatic N) is 3. The molecule has 1 aromatic carbocycles. The fourth-order valence-electron chi connectivity index (χ4n) is 3.94. The summed E-state index contributed by atoms with van der Waals surface area (Å²) in [6.07, 6.45) is 4.74. The minimum atomic E-state index is -1.53. The van der Waals surface area contributed by atoms with E-state index in [1.807, 2.05) is 30.3 Å². The van der Waals surface area contributed by atoms with Gasteiger partial charge in [0.2, 0.25) is 0 Å². The first kappa shape index (κ1) is 16.3. The Morgan fingerprint density at radius 2 is 1.88 bits per heavy atom. The molecule has 24 heavy (non-hydrogen) atoms. The summed E-state index contributed by atoms with van der Waals surface area (Å²) in [5.41, 5.74) is 6.87. The summed E-state index contributed by atoms with van der Waals surface area (Å²) in [4.78, 5) is 0. The van der Waals surface area contributed by atoms with Crippen molar-refractivity contribution < 1.29 is 0 Å². The summed E-state index contributed by atoms with van der Waals surface area (Å²) in [6, 6.07) is 14.0. The Balaban J connectivity index is 2.37. The molecule has 0 fully saturated rings. The highest BCUT2D eigenvalue weighted by Crippen LogP contribution is 2.56. The predicted molar refractivity (Wildman–Crippen MR) is 92.8 cm³/mol. The maximum absolute atomic E-state index is 9.91. The van der Waals surface area contributed by atoms with E-state index in [0.717, 1.165) is 34.9 Å². The van der Waals surface area contributed by atoms with E-state index in [2.05, 4.69) is 34.1 Å². The molecule has 2 atom stereocenters. The Morgan fingerprint density at radius 1 is 1.17 bits per heavy atom. The van der Waals surface area contributed by atoms with Gasteiger partial charge >= 0.3 is 0 Å². The minimum Gasteiger partial charge on any atom is -0.399 e. The van der Waals surface area contributed by atoms with Crippen molar-refractivity contribution in [2.45, 2.75) is 25.2 Å². The Hall–Kier alpha value is -2.55. The fourth-order valence-corrected chi connectivity index (χ4v) is 4.48. The lowest BCUT2D eigenvalue weighted by atomic mass is 9.57. The Morgan fingerprint density at radius 3 is 2.50 bits per heavy atom. The highest BCUT2D eigenvalue weighted by Gasteiger charge is 2.54. The first-order chi connectivity index (χ1) is 11.6. The predicted octanol–water partition coefficient (Wildman–Crippen LogP) is 4.04. The van der Waals surface area contributed by atoms with Gasteiger partial charge in [-0.2, -0.15) is 15.8 Å². The summed E-state index contributed by atoms with van der Waals surface area (Å²) in [5, 5.41) is 29.4. The molecule has 0 bridgehead atoms. The van der Waals surface area contributed by atoms with Gasteiger partial charge in [0.1, 0.15) is 6.07 Å². The molecule has 0 unspecified atom stereocenters. The highest BCUT2D eigenvalue weighted by molar-refractivity contribution is 9.10. The standard InChI is InChI=1S/C19H15BrN4/c20-16-8-4-3-7-14(16)17-13-6-2-1-5-12(13)15(9-21)18(24)19(17,10-22)11-23/h3-5,7-8,13,17H,1-2,6,24H2/t13-,17-/m0/s1. The highest BCUT2D eigenvalue weighted by atomic mass is 79.9. The van der Waals surface area contributed by atoms with Gasteiger partial charge in [-0.1, -0.05) is 40.2 Å². The summed E-state index contributed by atoms with van der Waals surface area (Å²) >= 11 is 3.55. The molecule has 2 aliphatic rings. The second-order valence-electron chi connectivity index (χ2n) is 6.13. The monoisotopic (exact) mass is 378 g/mol. The van der Waals surface area contributed by atoms with Crippen LogP contribution in [0.4, 0.5) is 0 Å². The van der Waals surface area contributed by atoms with E-state index in [-0.39, 0.29) is 11.6 Å². The van der Waals surface area contributed by atoms with E-state index >= 15 is 0 Å². The third kappa shape index (κ3) is 2.15. The van der Waals surface area contributed by atoms with Crippen molar-refractivity contribution in [3.8, 4) is 18.2 Å². The Labute approximate surface area is 149 Å². The summed E-state index contributed by atoms with van der Waals surface area (Å²) in [6.45, 7) is 0. The van der Waals surface area contributed by atoms with E-state index in [4.69, 9.17) is 5.73 Å². The SMILES string of the molecule is N#CC1=C(N)C(C#N)(C#N)[C@H](c2ccccc2Br)[C@H]2CCCC=C12. The number of halogens is 1. The molecule has 0 spiro atoms. The van der Waals surface area contributed by atoms with Crippen LogP contribution in [-0.4, -0.2) is 0 Å². The van der Waals surface area contributed by atoms with Crippen molar-refractivity contribution in [3.63, 3.8) is 0 Å². The molecule has 0 radical (unpaired) electrons. The van der Waals surface area contributed by atoms with Crippen LogP contribution in [0, 0.1) is 45.3 Å². The van der Waals surface area contributed by atoms with Crippen LogP contribution in [0.2, 0.25) is 0 Å². The van der Waals surface area contributed by atoms with Crippen LogP contribution in [0.15, 0.2) is 51.7 Å². The minimum absolute atomic E-state index is 0.0568. The van der Waals surface area contributed by atoms with Gasteiger partial charge in [-0.25, -0.2) is 0 Å². The molecule has 118 valence electrons. The average Bonchev–Trinajstić information content (AvgIpc) is 2.62. The number of benzene rings is 1. The number of hydrogen-bond acceptors (Lipinski definition) is 4. The van der Waals surface area contributed by atoms with Crippen molar-refractivity contribution in [2.75, 3.05) is 0 Å². The van der Waals surface area contributed by atoms with Gasteiger partial charge < -0.3 is 5.73 Å². The largest absolute Gasteiger partial charge is 0.399 e. The second kappa shape index (κ2) is 6.16. The normalized spacial score (nSPS) is 24.8. The lowest BCUT2D eigenvalue weighted by Gasteiger charge is -2.43. The van der Waals surface area contributed by atoms with E-state index in [9.17, 15) is 15.8 Å². The maximum atomic E-state index is 9.91. The van der Waals surface area contributed by atoms with E-state index in [1.165, 1.54) is 0 Å². The number of fused-ring (bicyclic) bond motifs is 1. The van der Waals surface area contributed by atoms with Crippen molar-refractivity contribution in [1.82, 2.24) is 0 Å². The maximum Gasteiger partial charge on any atom is 0.191 e. The molecular formula is C19H15BrN4. The van der Waals surface area contributed by atoms with Crippen molar-refractivity contribution in [2.24, 2.45) is 17.1 Å². The van der Waals surface area contributed by atoms with Crippen LogP contribution in [-0.2, 0) is 0 Å². The topological polar surface area (TPSA) is 97.4 Å². The van der Waals surface area contributed by atoms with Crippen LogP contribution in [0.5, 0.6) is 0 Å². The summed E-state index contributed by atoms with van der Waals surface area (Å²) < 4.78 is 0.850. The van der Waals surface area contributed by atoms with Gasteiger partial charge in [0.05, 0.1) is 23.4 Å². The van der Waals surface area contributed by atoms with Gasteiger partial charge in [0, 0.05) is 10.4 Å². The summed E-state index contributed by atoms with van der Waals surface area (Å²) in [7, 11) is 0. The number of nitriles is 3. The number of allylic oxidation sites excluding steroid dienone is 4. The van der Waals surface area contributed by atoms with Crippen LogP contribution >= 0.6 is 15.9 Å². The van der Waals surface area contributed by atoms with Gasteiger partial charge in [-0.05, 0) is 42.4 Å². The molecule has 4 nitrogen and oxygen atoms in total. The molecule has 0 aliphatic heterocycles. The molecule has 2 N–H and O–H groups in total. The van der Waals surface area contributed by atoms with Gasteiger partial charge in [-0.15, -0.1) is 0 Å². The first-order valence-electron chi connectivity index (χ1n) is 7.78. The zero-order valence-electron chi connectivity index (χ0n) is 13.0. The zero-order chi connectivity index (χ0) is 17.3. The lowest BCUT2D eigenvalue weighted by molar-refractivity contribution is 0.316. The fraction of sp³-hybridized carbons (Fsp3) is 0.316. The van der Waals surface area contributed by atoms with Crippen molar-refractivity contribution >= 4 is 15.9 Å². The molecule has 0 saturated carbocycles. The molecule has 3 rings (SSSR count). The smallest absolute Gasteiger partial charge is 0.191 e. The van der Waals surface area contributed by atoms with E-state index in [0.29, 0.717) is 5.57 Å². The third-order valence-electron chi connectivity index (χ3n) is 5.04. The molecule has 2 aliphatic carbocycles. The van der Waals surface area contributed by atoms with Crippen LogP contribution in [0.25, 0.3) is 0 Å². The van der Waals surface area contributed by atoms with E-state index in [1.54, 1.807) is 0 Å². The second-order valence-corrected chi connectivity index (χ2v) is 6.98. The Bertz CT molecular complexity index is 862. The average molecular weight is 379 g/mol.